The monoisotopic (exact) mass is 387 g/mol. The number of nitrogens with one attached hydrogen (secondary N) is 1. The second-order valence-electron chi connectivity index (χ2n) is 8.25. The number of nitrogens with zero attached hydrogens (tertiary/aromatic N) is 2. The lowest BCUT2D eigenvalue weighted by Crippen LogP contribution is -2.34. The van der Waals surface area contributed by atoms with E-state index in [2.05, 4.69) is 40.4 Å². The largest absolute Gasteiger partial charge is 0.416 e. The summed E-state index contributed by atoms with van der Waals surface area (Å²) in [4.78, 5) is 4.53. The van der Waals surface area contributed by atoms with Crippen LogP contribution in [-0.2, 0) is 12.6 Å². The fourth-order valence-electron chi connectivity index (χ4n) is 5.02. The molecule has 5 rings (SSSR count). The van der Waals surface area contributed by atoms with Gasteiger partial charge in [-0.05, 0) is 74.6 Å². The maximum Gasteiger partial charge on any atom is 0.416 e. The molecule has 148 valence electrons. The molecule has 6 heteroatoms. The van der Waals surface area contributed by atoms with Crippen molar-refractivity contribution in [3.05, 3.63) is 53.1 Å². The van der Waals surface area contributed by atoms with Crippen LogP contribution in [0.3, 0.4) is 0 Å². The van der Waals surface area contributed by atoms with Crippen molar-refractivity contribution in [2.24, 2.45) is 5.92 Å². The fraction of sp³-hybridized carbons (Fsp3) is 0.455. The molecule has 2 aromatic rings. The van der Waals surface area contributed by atoms with Crippen molar-refractivity contribution in [2.75, 3.05) is 36.9 Å². The minimum absolute atomic E-state index is 0.0361. The number of hydrogen-bond acceptors (Lipinski definition) is 3. The predicted octanol–water partition coefficient (Wildman–Crippen LogP) is 5.21. The van der Waals surface area contributed by atoms with Crippen LogP contribution in [0.25, 0.3) is 0 Å². The molecule has 0 spiro atoms. The van der Waals surface area contributed by atoms with Crippen molar-refractivity contribution in [2.45, 2.75) is 31.5 Å². The molecule has 0 saturated carbocycles. The molecule has 28 heavy (non-hydrogen) atoms. The Morgan fingerprint density at radius 2 is 1.82 bits per heavy atom. The van der Waals surface area contributed by atoms with Crippen molar-refractivity contribution >= 4 is 17.1 Å². The van der Waals surface area contributed by atoms with Gasteiger partial charge in [0, 0.05) is 12.2 Å². The molecule has 2 aromatic carbocycles. The first-order valence-corrected chi connectivity index (χ1v) is 9.97. The quantitative estimate of drug-likeness (QED) is 0.725. The number of hydrogen-bond donors (Lipinski definition) is 1. The van der Waals surface area contributed by atoms with Crippen molar-refractivity contribution in [3.8, 4) is 0 Å². The second kappa shape index (κ2) is 6.41. The van der Waals surface area contributed by atoms with Crippen LogP contribution >= 0.6 is 0 Å². The average Bonchev–Trinajstić information content (AvgIpc) is 3.04. The molecule has 1 saturated heterocycles. The van der Waals surface area contributed by atoms with E-state index >= 15 is 0 Å². The molecular formula is C22H24F3N3. The van der Waals surface area contributed by atoms with Crippen LogP contribution in [-0.4, -0.2) is 31.6 Å². The zero-order chi connectivity index (χ0) is 19.5. The molecule has 1 fully saturated rings. The Labute approximate surface area is 163 Å². The summed E-state index contributed by atoms with van der Waals surface area (Å²) in [5, 5.41) is 3.54. The molecule has 0 aromatic heterocycles. The summed E-state index contributed by atoms with van der Waals surface area (Å²) in [5.41, 5.74) is 4.60. The number of piperidine rings is 1. The Morgan fingerprint density at radius 1 is 1.04 bits per heavy atom. The molecule has 3 nitrogen and oxygen atoms in total. The molecule has 0 radical (unpaired) electrons. The smallest absolute Gasteiger partial charge is 0.376 e. The Bertz CT molecular complexity index is 900. The topological polar surface area (TPSA) is 18.5 Å². The van der Waals surface area contributed by atoms with Gasteiger partial charge >= 0.3 is 6.18 Å². The van der Waals surface area contributed by atoms with E-state index in [4.69, 9.17) is 0 Å². The first kappa shape index (κ1) is 17.9. The maximum atomic E-state index is 13.4. The van der Waals surface area contributed by atoms with Gasteiger partial charge < -0.3 is 15.1 Å². The van der Waals surface area contributed by atoms with Crippen LogP contribution in [0.2, 0.25) is 0 Å². The summed E-state index contributed by atoms with van der Waals surface area (Å²) in [5.74, 6) is 0.408. The van der Waals surface area contributed by atoms with Gasteiger partial charge in [-0.2, -0.15) is 13.2 Å². The van der Waals surface area contributed by atoms with E-state index in [1.165, 1.54) is 28.9 Å². The highest BCUT2D eigenvalue weighted by atomic mass is 19.4. The SMILES string of the molecule is CN1CCC(C2Nc3cc(C(F)(F)F)ccc3N3CCc4cccc2c43)CC1. The summed E-state index contributed by atoms with van der Waals surface area (Å²) < 4.78 is 40.1. The third-order valence-corrected chi connectivity index (χ3v) is 6.52. The normalized spacial score (nSPS) is 22.4. The number of halogens is 3. The van der Waals surface area contributed by atoms with Crippen molar-refractivity contribution in [1.82, 2.24) is 4.90 Å². The first-order valence-electron chi connectivity index (χ1n) is 9.97. The minimum Gasteiger partial charge on any atom is -0.376 e. The Balaban J connectivity index is 1.63. The van der Waals surface area contributed by atoms with E-state index < -0.39 is 11.7 Å². The summed E-state index contributed by atoms with van der Waals surface area (Å²) >= 11 is 0. The lowest BCUT2D eigenvalue weighted by molar-refractivity contribution is -0.137. The van der Waals surface area contributed by atoms with Gasteiger partial charge in [-0.1, -0.05) is 18.2 Å². The van der Waals surface area contributed by atoms with Gasteiger partial charge in [0.2, 0.25) is 0 Å². The molecule has 3 aliphatic rings. The number of anilines is 3. The van der Waals surface area contributed by atoms with E-state index in [0.29, 0.717) is 11.6 Å². The van der Waals surface area contributed by atoms with Gasteiger partial charge in [0.1, 0.15) is 0 Å². The first-order chi connectivity index (χ1) is 13.4. The van der Waals surface area contributed by atoms with E-state index in [0.717, 1.165) is 44.6 Å². The third kappa shape index (κ3) is 2.85. The van der Waals surface area contributed by atoms with Gasteiger partial charge in [-0.15, -0.1) is 0 Å². The van der Waals surface area contributed by atoms with E-state index in [9.17, 15) is 13.2 Å². The van der Waals surface area contributed by atoms with E-state index in [1.807, 2.05) is 0 Å². The van der Waals surface area contributed by atoms with Gasteiger partial charge in [0.25, 0.3) is 0 Å². The molecule has 3 aliphatic heterocycles. The highest BCUT2D eigenvalue weighted by molar-refractivity contribution is 5.84. The zero-order valence-electron chi connectivity index (χ0n) is 15.9. The van der Waals surface area contributed by atoms with Crippen LogP contribution in [0.4, 0.5) is 30.2 Å². The predicted molar refractivity (Wildman–Crippen MR) is 105 cm³/mol. The number of likely N-dealkylation sites (tertiary alicyclic amines) is 1. The number of rotatable bonds is 1. The molecule has 0 aliphatic carbocycles. The molecular weight excluding hydrogens is 363 g/mol. The van der Waals surface area contributed by atoms with Crippen LogP contribution in [0.15, 0.2) is 36.4 Å². The summed E-state index contributed by atoms with van der Waals surface area (Å²) in [6, 6.07) is 10.6. The number of para-hydroxylation sites is 1. The van der Waals surface area contributed by atoms with E-state index in [1.54, 1.807) is 6.07 Å². The van der Waals surface area contributed by atoms with Gasteiger partial charge in [-0.25, -0.2) is 0 Å². The van der Waals surface area contributed by atoms with Crippen LogP contribution in [0.1, 0.15) is 35.6 Å². The second-order valence-corrected chi connectivity index (χ2v) is 8.25. The maximum absolute atomic E-state index is 13.4. The lowest BCUT2D eigenvalue weighted by atomic mass is 9.84. The molecule has 3 heterocycles. The van der Waals surface area contributed by atoms with Crippen molar-refractivity contribution in [3.63, 3.8) is 0 Å². The van der Waals surface area contributed by atoms with Gasteiger partial charge in [0.05, 0.1) is 23.0 Å². The lowest BCUT2D eigenvalue weighted by Gasteiger charge is -2.35. The third-order valence-electron chi connectivity index (χ3n) is 6.52. The molecule has 1 atom stereocenters. The highest BCUT2D eigenvalue weighted by Crippen LogP contribution is 2.50. The summed E-state index contributed by atoms with van der Waals surface area (Å²) in [7, 11) is 2.13. The minimum atomic E-state index is -4.34. The Hall–Kier alpha value is -2.21. The number of fused-ring (bicyclic) bond motifs is 2. The van der Waals surface area contributed by atoms with Crippen LogP contribution < -0.4 is 10.2 Å². The van der Waals surface area contributed by atoms with Gasteiger partial charge in [0.15, 0.2) is 0 Å². The van der Waals surface area contributed by atoms with Crippen LogP contribution in [0, 0.1) is 5.92 Å². The average molecular weight is 387 g/mol. The molecule has 0 bridgehead atoms. The van der Waals surface area contributed by atoms with E-state index in [-0.39, 0.29) is 6.04 Å². The molecule has 0 amide bonds. The van der Waals surface area contributed by atoms with Crippen LogP contribution in [0.5, 0.6) is 0 Å². The zero-order valence-corrected chi connectivity index (χ0v) is 15.9. The Morgan fingerprint density at radius 3 is 2.57 bits per heavy atom. The highest BCUT2D eigenvalue weighted by Gasteiger charge is 2.38. The number of alkyl halides is 3. The van der Waals surface area contributed by atoms with Gasteiger partial charge in [-0.3, -0.25) is 0 Å². The van der Waals surface area contributed by atoms with Crippen molar-refractivity contribution < 1.29 is 13.2 Å². The summed E-state index contributed by atoms with van der Waals surface area (Å²) in [6.45, 7) is 2.86. The number of benzene rings is 2. The summed E-state index contributed by atoms with van der Waals surface area (Å²) in [6.07, 6.45) is -1.31. The Kier molecular flexibility index (Phi) is 4.09. The molecule has 1 unspecified atom stereocenters. The fourth-order valence-corrected chi connectivity index (χ4v) is 5.02. The standard InChI is InChI=1S/C22H24F3N3/c1-27-10-7-14(8-11-27)20-17-4-2-3-15-9-12-28(21(15)17)19-6-5-16(22(23,24)25)13-18(19)26-20/h2-6,13-14,20,26H,7-12H2,1H3. The molecule has 1 N–H and O–H groups in total. The van der Waals surface area contributed by atoms with Crippen molar-refractivity contribution in [1.29, 1.82) is 0 Å².